The van der Waals surface area contributed by atoms with Gasteiger partial charge in [-0.1, -0.05) is 25.4 Å². The van der Waals surface area contributed by atoms with Crippen LogP contribution in [-0.4, -0.2) is 31.7 Å². The highest BCUT2D eigenvalue weighted by Gasteiger charge is 2.15. The molecule has 0 saturated heterocycles. The maximum Gasteiger partial charge on any atom is 0.274 e. The molecule has 0 bridgehead atoms. The topological polar surface area (TPSA) is 72.5 Å². The van der Waals surface area contributed by atoms with Gasteiger partial charge in [-0.25, -0.2) is 0 Å². The number of amides is 1. The molecular formula is C19H24ClN3O3. The number of anilines is 2. The molecule has 2 N–H and O–H groups in total. The van der Waals surface area contributed by atoms with E-state index in [1.165, 1.54) is 14.2 Å². The van der Waals surface area contributed by atoms with Gasteiger partial charge in [-0.05, 0) is 24.5 Å². The molecule has 1 amide bonds. The average Bonchev–Trinajstić information content (AvgIpc) is 2.62. The van der Waals surface area contributed by atoms with Crippen LogP contribution in [0, 0.1) is 5.92 Å². The van der Waals surface area contributed by atoms with Crippen molar-refractivity contribution in [2.75, 3.05) is 31.4 Å². The van der Waals surface area contributed by atoms with E-state index in [4.69, 9.17) is 21.1 Å². The molecule has 1 aromatic heterocycles. The van der Waals surface area contributed by atoms with Crippen molar-refractivity contribution < 1.29 is 14.3 Å². The third-order valence-corrected chi connectivity index (χ3v) is 4.06. The number of hydrogen-bond donors (Lipinski definition) is 2. The van der Waals surface area contributed by atoms with E-state index < -0.39 is 0 Å². The zero-order valence-corrected chi connectivity index (χ0v) is 16.2. The average molecular weight is 378 g/mol. The van der Waals surface area contributed by atoms with Crippen LogP contribution in [0.5, 0.6) is 11.5 Å². The molecule has 0 fully saturated rings. The van der Waals surface area contributed by atoms with Crippen molar-refractivity contribution in [1.29, 1.82) is 0 Å². The minimum Gasteiger partial charge on any atom is -0.495 e. The Kier molecular flexibility index (Phi) is 7.09. The van der Waals surface area contributed by atoms with Gasteiger partial charge in [-0.2, -0.15) is 0 Å². The summed E-state index contributed by atoms with van der Waals surface area (Å²) in [4.78, 5) is 16.7. The van der Waals surface area contributed by atoms with E-state index in [9.17, 15) is 4.79 Å². The summed E-state index contributed by atoms with van der Waals surface area (Å²) in [6, 6.07) is 6.76. The number of ether oxygens (including phenoxy) is 2. The van der Waals surface area contributed by atoms with Gasteiger partial charge in [0, 0.05) is 30.6 Å². The number of hydrogen-bond acceptors (Lipinski definition) is 5. The van der Waals surface area contributed by atoms with Crippen molar-refractivity contribution in [2.24, 2.45) is 5.92 Å². The van der Waals surface area contributed by atoms with E-state index in [1.807, 2.05) is 6.07 Å². The van der Waals surface area contributed by atoms with Gasteiger partial charge < -0.3 is 20.1 Å². The molecule has 0 spiro atoms. The quantitative estimate of drug-likeness (QED) is 0.710. The Bertz CT molecular complexity index is 766. The first kappa shape index (κ1) is 19.8. The summed E-state index contributed by atoms with van der Waals surface area (Å²) < 4.78 is 10.5. The highest BCUT2D eigenvalue weighted by molar-refractivity contribution is 6.32. The summed E-state index contributed by atoms with van der Waals surface area (Å²) in [5, 5.41) is 6.49. The van der Waals surface area contributed by atoms with Gasteiger partial charge in [0.15, 0.2) is 0 Å². The summed E-state index contributed by atoms with van der Waals surface area (Å²) >= 11 is 6.09. The highest BCUT2D eigenvalue weighted by Crippen LogP contribution is 2.36. The van der Waals surface area contributed by atoms with E-state index in [-0.39, 0.29) is 5.91 Å². The molecule has 7 heteroatoms. The van der Waals surface area contributed by atoms with Crippen molar-refractivity contribution in [3.05, 3.63) is 41.2 Å². The first-order valence-electron chi connectivity index (χ1n) is 8.37. The van der Waals surface area contributed by atoms with Crippen molar-refractivity contribution >= 4 is 28.9 Å². The number of pyridine rings is 1. The monoisotopic (exact) mass is 377 g/mol. The molecule has 0 aliphatic heterocycles. The maximum absolute atomic E-state index is 12.6. The molecule has 0 saturated carbocycles. The fraction of sp³-hybridized carbons (Fsp3) is 0.368. The predicted octanol–water partition coefficient (Wildman–Crippen LogP) is 4.46. The van der Waals surface area contributed by atoms with E-state index in [1.54, 1.807) is 24.4 Å². The highest BCUT2D eigenvalue weighted by atomic mass is 35.5. The van der Waals surface area contributed by atoms with Crippen LogP contribution < -0.4 is 20.1 Å². The van der Waals surface area contributed by atoms with Gasteiger partial charge in [-0.3, -0.25) is 9.78 Å². The van der Waals surface area contributed by atoms with E-state index in [0.717, 1.165) is 18.7 Å². The Morgan fingerprint density at radius 1 is 1.19 bits per heavy atom. The molecule has 0 radical (unpaired) electrons. The van der Waals surface area contributed by atoms with Crippen LogP contribution in [0.15, 0.2) is 30.5 Å². The lowest BCUT2D eigenvalue weighted by Crippen LogP contribution is -2.15. The summed E-state index contributed by atoms with van der Waals surface area (Å²) in [7, 11) is 3.01. The van der Waals surface area contributed by atoms with Gasteiger partial charge in [-0.15, -0.1) is 0 Å². The largest absolute Gasteiger partial charge is 0.495 e. The standard InChI is InChI=1S/C19H24ClN3O3/c1-12(2)5-7-21-13-6-8-22-16(9-13)19(24)23-15-11-17(25-3)14(20)10-18(15)26-4/h6,8-12H,5,7H2,1-4H3,(H,21,22)(H,23,24). The predicted molar refractivity (Wildman–Crippen MR) is 105 cm³/mol. The van der Waals surface area contributed by atoms with Gasteiger partial charge >= 0.3 is 0 Å². The SMILES string of the molecule is COc1cc(NC(=O)c2cc(NCCC(C)C)ccn2)c(OC)cc1Cl. The third-order valence-electron chi connectivity index (χ3n) is 3.77. The van der Waals surface area contributed by atoms with Gasteiger partial charge in [0.25, 0.3) is 5.91 Å². The molecule has 0 aliphatic rings. The van der Waals surface area contributed by atoms with E-state index >= 15 is 0 Å². The lowest BCUT2D eigenvalue weighted by molar-refractivity contribution is 0.102. The Morgan fingerprint density at radius 3 is 2.58 bits per heavy atom. The van der Waals surface area contributed by atoms with Crippen LogP contribution in [0.25, 0.3) is 0 Å². The second kappa shape index (κ2) is 9.29. The number of carbonyl (C=O) groups excluding carboxylic acids is 1. The van der Waals surface area contributed by atoms with Gasteiger partial charge in [0.2, 0.25) is 0 Å². The van der Waals surface area contributed by atoms with Gasteiger partial charge in [0.1, 0.15) is 17.2 Å². The van der Waals surface area contributed by atoms with Crippen LogP contribution in [0.2, 0.25) is 5.02 Å². The van der Waals surface area contributed by atoms with Crippen molar-refractivity contribution in [3.8, 4) is 11.5 Å². The molecule has 0 aliphatic carbocycles. The van der Waals surface area contributed by atoms with Crippen molar-refractivity contribution in [3.63, 3.8) is 0 Å². The number of aromatic nitrogens is 1. The molecular weight excluding hydrogens is 354 g/mol. The molecule has 1 aromatic carbocycles. The molecule has 2 rings (SSSR count). The minimum absolute atomic E-state index is 0.301. The first-order valence-corrected chi connectivity index (χ1v) is 8.75. The van der Waals surface area contributed by atoms with Crippen molar-refractivity contribution in [2.45, 2.75) is 20.3 Å². The Labute approximate surface area is 158 Å². The fourth-order valence-electron chi connectivity index (χ4n) is 2.31. The van der Waals surface area contributed by atoms with E-state index in [0.29, 0.717) is 33.8 Å². The molecule has 6 nitrogen and oxygen atoms in total. The maximum atomic E-state index is 12.6. The Hall–Kier alpha value is -2.47. The normalized spacial score (nSPS) is 10.5. The lowest BCUT2D eigenvalue weighted by Gasteiger charge is -2.13. The van der Waals surface area contributed by atoms with E-state index in [2.05, 4.69) is 29.5 Å². The van der Waals surface area contributed by atoms with Crippen LogP contribution >= 0.6 is 11.6 Å². The number of nitrogens with one attached hydrogen (secondary N) is 2. The second-order valence-electron chi connectivity index (χ2n) is 6.18. The number of rotatable bonds is 8. The Morgan fingerprint density at radius 2 is 1.92 bits per heavy atom. The number of halogens is 1. The number of methoxy groups -OCH3 is 2. The van der Waals surface area contributed by atoms with Crippen LogP contribution in [-0.2, 0) is 0 Å². The summed E-state index contributed by atoms with van der Waals surface area (Å²) in [6.07, 6.45) is 2.65. The zero-order valence-electron chi connectivity index (χ0n) is 15.4. The fourth-order valence-corrected chi connectivity index (χ4v) is 2.55. The van der Waals surface area contributed by atoms with Crippen LogP contribution in [0.3, 0.4) is 0 Å². The smallest absolute Gasteiger partial charge is 0.274 e. The summed E-state index contributed by atoms with van der Waals surface area (Å²) in [5.41, 5.74) is 1.61. The van der Waals surface area contributed by atoms with Gasteiger partial charge in [0.05, 0.1) is 24.9 Å². The van der Waals surface area contributed by atoms with Crippen molar-refractivity contribution in [1.82, 2.24) is 4.98 Å². The molecule has 26 heavy (non-hydrogen) atoms. The molecule has 140 valence electrons. The molecule has 0 atom stereocenters. The molecule has 0 unspecified atom stereocenters. The van der Waals surface area contributed by atoms with Crippen LogP contribution in [0.4, 0.5) is 11.4 Å². The molecule has 1 heterocycles. The zero-order chi connectivity index (χ0) is 19.1. The summed E-state index contributed by atoms with van der Waals surface area (Å²) in [5.74, 6) is 1.15. The lowest BCUT2D eigenvalue weighted by atomic mass is 10.1. The van der Waals surface area contributed by atoms with Crippen LogP contribution in [0.1, 0.15) is 30.8 Å². The minimum atomic E-state index is -0.347. The third kappa shape index (κ3) is 5.26. The number of benzene rings is 1. The first-order chi connectivity index (χ1) is 12.4. The Balaban J connectivity index is 2.15. The number of carbonyl (C=O) groups is 1. The second-order valence-corrected chi connectivity index (χ2v) is 6.59. The molecule has 2 aromatic rings. The number of nitrogens with zero attached hydrogens (tertiary/aromatic N) is 1. The summed E-state index contributed by atoms with van der Waals surface area (Å²) in [6.45, 7) is 5.17.